The molecule has 2 rings (SSSR count). The smallest absolute Gasteiger partial charge is 0.0601 e. The molecular weight excluding hydrogens is 190 g/mol. The van der Waals surface area contributed by atoms with Crippen LogP contribution in [0.3, 0.4) is 0 Å². The van der Waals surface area contributed by atoms with Crippen LogP contribution in [0, 0.1) is 6.92 Å². The van der Waals surface area contributed by atoms with Gasteiger partial charge in [-0.15, -0.1) is 0 Å². The first-order valence-electron chi connectivity index (χ1n) is 5.21. The molecule has 1 atom stereocenters. The highest BCUT2D eigenvalue weighted by atomic mass is 16.5. The Bertz CT molecular complexity index is 347. The van der Waals surface area contributed by atoms with Crippen molar-refractivity contribution in [2.24, 2.45) is 5.73 Å². The normalized spacial score (nSPS) is 20.7. The number of aryl methyl sites for hydroxylation is 1. The van der Waals surface area contributed by atoms with Crippen molar-refractivity contribution in [3.05, 3.63) is 35.4 Å². The van der Waals surface area contributed by atoms with E-state index in [1.165, 1.54) is 11.1 Å². The maximum Gasteiger partial charge on any atom is 0.0601 e. The van der Waals surface area contributed by atoms with E-state index in [1.807, 2.05) is 12.1 Å². The van der Waals surface area contributed by atoms with Crippen molar-refractivity contribution in [3.8, 4) is 0 Å². The van der Waals surface area contributed by atoms with Crippen LogP contribution in [0.4, 0.5) is 0 Å². The first-order chi connectivity index (χ1) is 7.20. The summed E-state index contributed by atoms with van der Waals surface area (Å²) in [7, 11) is 0. The lowest BCUT2D eigenvalue weighted by Crippen LogP contribution is -2.60. The van der Waals surface area contributed by atoms with Gasteiger partial charge < -0.3 is 15.6 Å². The van der Waals surface area contributed by atoms with Crippen molar-refractivity contribution in [1.29, 1.82) is 0 Å². The lowest BCUT2D eigenvalue weighted by molar-refractivity contribution is -0.0801. The quantitative estimate of drug-likeness (QED) is 0.762. The molecule has 0 aliphatic carbocycles. The van der Waals surface area contributed by atoms with Crippen molar-refractivity contribution >= 4 is 0 Å². The van der Waals surface area contributed by atoms with Crippen LogP contribution in [0.1, 0.15) is 11.1 Å². The first-order valence-corrected chi connectivity index (χ1v) is 5.21. The van der Waals surface area contributed by atoms with Crippen molar-refractivity contribution in [3.63, 3.8) is 0 Å². The highest BCUT2D eigenvalue weighted by molar-refractivity contribution is 5.37. The second-order valence-electron chi connectivity index (χ2n) is 4.25. The van der Waals surface area contributed by atoms with E-state index < -0.39 is 0 Å². The Labute approximate surface area is 89.9 Å². The lowest BCUT2D eigenvalue weighted by atomic mass is 9.71. The number of benzene rings is 1. The van der Waals surface area contributed by atoms with Gasteiger partial charge in [0, 0.05) is 6.04 Å². The molecular formula is C12H17NO2. The predicted octanol–water partition coefficient (Wildman–Crippen LogP) is 0.583. The van der Waals surface area contributed by atoms with Gasteiger partial charge in [0.25, 0.3) is 0 Å². The van der Waals surface area contributed by atoms with Crippen LogP contribution in [0.5, 0.6) is 0 Å². The monoisotopic (exact) mass is 207 g/mol. The van der Waals surface area contributed by atoms with E-state index in [2.05, 4.69) is 19.1 Å². The van der Waals surface area contributed by atoms with Crippen molar-refractivity contribution in [2.75, 3.05) is 19.8 Å². The maximum absolute atomic E-state index is 9.21. The van der Waals surface area contributed by atoms with E-state index in [-0.39, 0.29) is 18.1 Å². The lowest BCUT2D eigenvalue weighted by Gasteiger charge is -2.46. The summed E-state index contributed by atoms with van der Waals surface area (Å²) in [5.74, 6) is 0. The summed E-state index contributed by atoms with van der Waals surface area (Å²) in [4.78, 5) is 0. The Morgan fingerprint density at radius 3 is 2.60 bits per heavy atom. The summed E-state index contributed by atoms with van der Waals surface area (Å²) in [6.07, 6.45) is 0. The number of aliphatic hydroxyl groups is 1. The molecule has 1 aliphatic rings. The standard InChI is InChI=1S/C12H17NO2/c1-9-4-2-3-5-10(9)12(7-15-8-12)11(13)6-14/h2-5,11,14H,6-8,13H2,1H3. The second-order valence-corrected chi connectivity index (χ2v) is 4.25. The molecule has 0 radical (unpaired) electrons. The molecule has 1 heterocycles. The summed E-state index contributed by atoms with van der Waals surface area (Å²) in [6, 6.07) is 7.92. The highest BCUT2D eigenvalue weighted by Crippen LogP contribution is 2.36. The number of hydrogen-bond acceptors (Lipinski definition) is 3. The Morgan fingerprint density at radius 1 is 1.47 bits per heavy atom. The van der Waals surface area contributed by atoms with E-state index in [1.54, 1.807) is 0 Å². The molecule has 15 heavy (non-hydrogen) atoms. The zero-order chi connectivity index (χ0) is 10.9. The number of aliphatic hydroxyl groups excluding tert-OH is 1. The molecule has 3 N–H and O–H groups in total. The van der Waals surface area contributed by atoms with Crippen LogP contribution in [0.2, 0.25) is 0 Å². The Balaban J connectivity index is 2.38. The van der Waals surface area contributed by atoms with Gasteiger partial charge in [0.1, 0.15) is 0 Å². The van der Waals surface area contributed by atoms with Crippen LogP contribution in [0.25, 0.3) is 0 Å². The summed E-state index contributed by atoms with van der Waals surface area (Å²) >= 11 is 0. The molecule has 1 saturated heterocycles. The van der Waals surface area contributed by atoms with E-state index in [0.717, 1.165) is 0 Å². The van der Waals surface area contributed by atoms with Gasteiger partial charge >= 0.3 is 0 Å². The van der Waals surface area contributed by atoms with Crippen LogP contribution >= 0.6 is 0 Å². The third kappa shape index (κ3) is 1.57. The Kier molecular flexibility index (Phi) is 2.78. The molecule has 3 nitrogen and oxygen atoms in total. The highest BCUT2D eigenvalue weighted by Gasteiger charge is 2.45. The predicted molar refractivity (Wildman–Crippen MR) is 58.7 cm³/mol. The average Bonchev–Trinajstić information content (AvgIpc) is 2.19. The Morgan fingerprint density at radius 2 is 2.13 bits per heavy atom. The van der Waals surface area contributed by atoms with Gasteiger partial charge in [0.15, 0.2) is 0 Å². The van der Waals surface area contributed by atoms with Crippen molar-refractivity contribution < 1.29 is 9.84 Å². The van der Waals surface area contributed by atoms with E-state index in [4.69, 9.17) is 10.5 Å². The summed E-state index contributed by atoms with van der Waals surface area (Å²) in [5, 5.41) is 9.21. The second kappa shape index (κ2) is 3.93. The largest absolute Gasteiger partial charge is 0.395 e. The van der Waals surface area contributed by atoms with Crippen molar-refractivity contribution in [1.82, 2.24) is 0 Å². The molecule has 0 saturated carbocycles. The zero-order valence-electron chi connectivity index (χ0n) is 8.94. The third-order valence-electron chi connectivity index (χ3n) is 3.31. The number of nitrogens with two attached hydrogens (primary N) is 1. The minimum absolute atomic E-state index is 0.00229. The fourth-order valence-electron chi connectivity index (χ4n) is 2.20. The topological polar surface area (TPSA) is 55.5 Å². The van der Waals surface area contributed by atoms with Crippen LogP contribution in [-0.2, 0) is 10.2 Å². The fourth-order valence-corrected chi connectivity index (χ4v) is 2.20. The molecule has 1 aliphatic heterocycles. The van der Waals surface area contributed by atoms with E-state index in [9.17, 15) is 5.11 Å². The van der Waals surface area contributed by atoms with Gasteiger partial charge in [0.05, 0.1) is 25.2 Å². The minimum atomic E-state index is -0.243. The summed E-state index contributed by atoms with van der Waals surface area (Å²) in [5.41, 5.74) is 8.22. The van der Waals surface area contributed by atoms with Crippen LogP contribution in [0.15, 0.2) is 24.3 Å². The molecule has 1 aromatic rings. The van der Waals surface area contributed by atoms with Crippen molar-refractivity contribution in [2.45, 2.75) is 18.4 Å². The Hall–Kier alpha value is -0.900. The molecule has 3 heteroatoms. The van der Waals surface area contributed by atoms with Gasteiger partial charge in [-0.2, -0.15) is 0 Å². The molecule has 1 unspecified atom stereocenters. The molecule has 0 amide bonds. The maximum atomic E-state index is 9.21. The summed E-state index contributed by atoms with van der Waals surface area (Å²) < 4.78 is 5.28. The average molecular weight is 207 g/mol. The van der Waals surface area contributed by atoms with Crippen LogP contribution in [-0.4, -0.2) is 31.0 Å². The third-order valence-corrected chi connectivity index (χ3v) is 3.31. The fraction of sp³-hybridized carbons (Fsp3) is 0.500. The number of hydrogen-bond donors (Lipinski definition) is 2. The van der Waals surface area contributed by atoms with Crippen LogP contribution < -0.4 is 5.73 Å². The molecule has 0 bridgehead atoms. The van der Waals surface area contributed by atoms with Gasteiger partial charge in [-0.3, -0.25) is 0 Å². The zero-order valence-corrected chi connectivity index (χ0v) is 8.94. The van der Waals surface area contributed by atoms with Gasteiger partial charge in [-0.25, -0.2) is 0 Å². The van der Waals surface area contributed by atoms with E-state index in [0.29, 0.717) is 13.2 Å². The minimum Gasteiger partial charge on any atom is -0.395 e. The molecule has 82 valence electrons. The van der Waals surface area contributed by atoms with Gasteiger partial charge in [-0.1, -0.05) is 24.3 Å². The van der Waals surface area contributed by atoms with Gasteiger partial charge in [-0.05, 0) is 18.1 Å². The number of ether oxygens (including phenoxy) is 1. The molecule has 0 aromatic heterocycles. The molecule has 1 aromatic carbocycles. The van der Waals surface area contributed by atoms with Gasteiger partial charge in [0.2, 0.25) is 0 Å². The number of rotatable bonds is 3. The SMILES string of the molecule is Cc1ccccc1C1(C(N)CO)COC1. The first kappa shape index (κ1) is 10.6. The molecule has 1 fully saturated rings. The van der Waals surface area contributed by atoms with E-state index >= 15 is 0 Å². The molecule has 0 spiro atoms. The summed E-state index contributed by atoms with van der Waals surface area (Å²) in [6.45, 7) is 3.29.